The van der Waals surface area contributed by atoms with Crippen molar-refractivity contribution in [1.29, 1.82) is 0 Å². The normalized spacial score (nSPS) is 18.2. The Bertz CT molecular complexity index is 156. The summed E-state index contributed by atoms with van der Waals surface area (Å²) in [6, 6.07) is 0. The fourth-order valence-electron chi connectivity index (χ4n) is 2.01. The minimum atomic E-state index is -0.158. The first kappa shape index (κ1) is 13.9. The standard InChI is InChI=1S/C12H25NO3/c1-14-12(15-2)10-13-8-9-16-11-6-4-3-5-7-11/h11-13H,3-10H2,1-2H3. The predicted octanol–water partition coefficient (Wildman–Crippen LogP) is 1.54. The highest BCUT2D eigenvalue weighted by Crippen LogP contribution is 2.19. The fourth-order valence-corrected chi connectivity index (χ4v) is 2.01. The average molecular weight is 231 g/mol. The smallest absolute Gasteiger partial charge is 0.169 e. The van der Waals surface area contributed by atoms with Gasteiger partial charge in [-0.25, -0.2) is 0 Å². The Morgan fingerprint density at radius 2 is 1.81 bits per heavy atom. The molecule has 0 bridgehead atoms. The van der Waals surface area contributed by atoms with Gasteiger partial charge in [0.05, 0.1) is 12.7 Å². The van der Waals surface area contributed by atoms with E-state index in [1.807, 2.05) is 0 Å². The van der Waals surface area contributed by atoms with Crippen LogP contribution in [0.1, 0.15) is 32.1 Å². The monoisotopic (exact) mass is 231 g/mol. The lowest BCUT2D eigenvalue weighted by molar-refractivity contribution is -0.0993. The summed E-state index contributed by atoms with van der Waals surface area (Å²) in [4.78, 5) is 0. The SMILES string of the molecule is COC(CNCCOC1CCCCC1)OC. The van der Waals surface area contributed by atoms with Gasteiger partial charge in [0, 0.05) is 27.3 Å². The van der Waals surface area contributed by atoms with Crippen LogP contribution in [0.5, 0.6) is 0 Å². The first-order valence-corrected chi connectivity index (χ1v) is 6.24. The summed E-state index contributed by atoms with van der Waals surface area (Å²) in [6.45, 7) is 2.35. The molecular weight excluding hydrogens is 206 g/mol. The number of rotatable bonds is 8. The van der Waals surface area contributed by atoms with Gasteiger partial charge in [0.25, 0.3) is 0 Å². The minimum Gasteiger partial charge on any atom is -0.377 e. The molecule has 1 N–H and O–H groups in total. The van der Waals surface area contributed by atoms with Crippen molar-refractivity contribution in [3.05, 3.63) is 0 Å². The molecule has 0 aliphatic heterocycles. The van der Waals surface area contributed by atoms with E-state index < -0.39 is 0 Å². The van der Waals surface area contributed by atoms with E-state index >= 15 is 0 Å². The quantitative estimate of drug-likeness (QED) is 0.508. The lowest BCUT2D eigenvalue weighted by Crippen LogP contribution is -2.32. The Hall–Kier alpha value is -0.160. The third kappa shape index (κ3) is 5.80. The van der Waals surface area contributed by atoms with Crippen LogP contribution >= 0.6 is 0 Å². The Morgan fingerprint density at radius 1 is 1.12 bits per heavy atom. The molecule has 1 saturated carbocycles. The largest absolute Gasteiger partial charge is 0.377 e. The Labute approximate surface area is 98.6 Å². The lowest BCUT2D eigenvalue weighted by atomic mass is 9.98. The van der Waals surface area contributed by atoms with Gasteiger partial charge in [0.2, 0.25) is 0 Å². The average Bonchev–Trinajstić information content (AvgIpc) is 2.35. The zero-order chi connectivity index (χ0) is 11.6. The van der Waals surface area contributed by atoms with Gasteiger partial charge in [-0.2, -0.15) is 0 Å². The number of hydrogen-bond donors (Lipinski definition) is 1. The first-order chi connectivity index (χ1) is 7.86. The summed E-state index contributed by atoms with van der Waals surface area (Å²) in [5.41, 5.74) is 0. The summed E-state index contributed by atoms with van der Waals surface area (Å²) in [6.07, 6.45) is 6.84. The Morgan fingerprint density at radius 3 is 2.44 bits per heavy atom. The van der Waals surface area contributed by atoms with Crippen LogP contribution in [0.4, 0.5) is 0 Å². The van der Waals surface area contributed by atoms with Gasteiger partial charge in [-0.1, -0.05) is 19.3 Å². The molecule has 0 heterocycles. The number of methoxy groups -OCH3 is 2. The number of hydrogen-bond acceptors (Lipinski definition) is 4. The molecule has 4 nitrogen and oxygen atoms in total. The van der Waals surface area contributed by atoms with Crippen LogP contribution in [-0.2, 0) is 14.2 Å². The van der Waals surface area contributed by atoms with Gasteiger partial charge in [0.1, 0.15) is 0 Å². The van der Waals surface area contributed by atoms with E-state index in [0.717, 1.165) is 13.2 Å². The van der Waals surface area contributed by atoms with Crippen molar-refractivity contribution in [2.45, 2.75) is 44.5 Å². The molecule has 1 aliphatic carbocycles. The van der Waals surface area contributed by atoms with E-state index in [4.69, 9.17) is 14.2 Å². The van der Waals surface area contributed by atoms with Crippen molar-refractivity contribution in [3.63, 3.8) is 0 Å². The van der Waals surface area contributed by atoms with Gasteiger partial charge < -0.3 is 19.5 Å². The predicted molar refractivity (Wildman–Crippen MR) is 63.5 cm³/mol. The highest BCUT2D eigenvalue weighted by Gasteiger charge is 2.13. The third-order valence-electron chi connectivity index (χ3n) is 3.02. The van der Waals surface area contributed by atoms with Crippen LogP contribution in [0, 0.1) is 0 Å². The highest BCUT2D eigenvalue weighted by atomic mass is 16.7. The summed E-state index contributed by atoms with van der Waals surface area (Å²) in [5.74, 6) is 0. The second-order valence-corrected chi connectivity index (χ2v) is 4.24. The van der Waals surface area contributed by atoms with E-state index in [-0.39, 0.29) is 6.29 Å². The van der Waals surface area contributed by atoms with Crippen molar-refractivity contribution in [2.75, 3.05) is 33.9 Å². The van der Waals surface area contributed by atoms with Gasteiger partial charge in [-0.15, -0.1) is 0 Å². The van der Waals surface area contributed by atoms with E-state index in [2.05, 4.69) is 5.32 Å². The van der Waals surface area contributed by atoms with Gasteiger partial charge >= 0.3 is 0 Å². The van der Waals surface area contributed by atoms with E-state index in [1.54, 1.807) is 14.2 Å². The molecule has 0 amide bonds. The van der Waals surface area contributed by atoms with Crippen LogP contribution in [-0.4, -0.2) is 46.3 Å². The highest BCUT2D eigenvalue weighted by molar-refractivity contribution is 4.65. The van der Waals surface area contributed by atoms with Crippen LogP contribution in [0.2, 0.25) is 0 Å². The number of nitrogens with one attached hydrogen (secondary N) is 1. The van der Waals surface area contributed by atoms with E-state index in [9.17, 15) is 0 Å². The minimum absolute atomic E-state index is 0.158. The first-order valence-electron chi connectivity index (χ1n) is 6.24. The molecule has 0 atom stereocenters. The summed E-state index contributed by atoms with van der Waals surface area (Å²) < 4.78 is 15.9. The van der Waals surface area contributed by atoms with Crippen molar-refractivity contribution in [1.82, 2.24) is 5.32 Å². The van der Waals surface area contributed by atoms with E-state index in [0.29, 0.717) is 12.6 Å². The molecular formula is C12H25NO3. The molecule has 1 aliphatic rings. The lowest BCUT2D eigenvalue weighted by Gasteiger charge is -2.22. The van der Waals surface area contributed by atoms with Crippen molar-refractivity contribution < 1.29 is 14.2 Å². The number of ether oxygens (including phenoxy) is 3. The van der Waals surface area contributed by atoms with Crippen LogP contribution in [0.15, 0.2) is 0 Å². The van der Waals surface area contributed by atoms with Crippen molar-refractivity contribution in [3.8, 4) is 0 Å². The summed E-state index contributed by atoms with van der Waals surface area (Å²) in [5, 5.41) is 3.25. The molecule has 0 unspecified atom stereocenters. The summed E-state index contributed by atoms with van der Waals surface area (Å²) in [7, 11) is 3.29. The van der Waals surface area contributed by atoms with Crippen molar-refractivity contribution >= 4 is 0 Å². The fraction of sp³-hybridized carbons (Fsp3) is 1.00. The zero-order valence-electron chi connectivity index (χ0n) is 10.5. The molecule has 16 heavy (non-hydrogen) atoms. The second-order valence-electron chi connectivity index (χ2n) is 4.24. The molecule has 0 radical (unpaired) electrons. The molecule has 0 aromatic heterocycles. The zero-order valence-corrected chi connectivity index (χ0v) is 10.5. The molecule has 0 saturated heterocycles. The molecule has 0 spiro atoms. The van der Waals surface area contributed by atoms with Crippen molar-refractivity contribution in [2.24, 2.45) is 0 Å². The molecule has 0 aromatic carbocycles. The van der Waals surface area contributed by atoms with Gasteiger partial charge in [-0.3, -0.25) is 0 Å². The Balaban J connectivity index is 1.90. The maximum atomic E-state index is 5.79. The van der Waals surface area contributed by atoms with E-state index in [1.165, 1.54) is 32.1 Å². The molecule has 0 aromatic rings. The molecule has 96 valence electrons. The maximum absolute atomic E-state index is 5.79. The van der Waals surface area contributed by atoms with Crippen LogP contribution < -0.4 is 5.32 Å². The van der Waals surface area contributed by atoms with Gasteiger partial charge in [0.15, 0.2) is 6.29 Å². The van der Waals surface area contributed by atoms with Crippen LogP contribution in [0.25, 0.3) is 0 Å². The maximum Gasteiger partial charge on any atom is 0.169 e. The molecule has 4 heteroatoms. The molecule has 1 fully saturated rings. The van der Waals surface area contributed by atoms with Crippen LogP contribution in [0.3, 0.4) is 0 Å². The topological polar surface area (TPSA) is 39.7 Å². The summed E-state index contributed by atoms with van der Waals surface area (Å²) >= 11 is 0. The second kappa shape index (κ2) is 8.93. The Kier molecular flexibility index (Phi) is 7.76. The molecule has 1 rings (SSSR count). The third-order valence-corrected chi connectivity index (χ3v) is 3.02. The van der Waals surface area contributed by atoms with Gasteiger partial charge in [-0.05, 0) is 12.8 Å².